The zero-order valence-corrected chi connectivity index (χ0v) is 21.2. The van der Waals surface area contributed by atoms with Gasteiger partial charge in [-0.1, -0.05) is 41.9 Å². The number of halogens is 1. The van der Waals surface area contributed by atoms with Gasteiger partial charge in [0.1, 0.15) is 11.4 Å². The highest BCUT2D eigenvalue weighted by atomic mass is 35.5. The highest BCUT2D eigenvalue weighted by Gasteiger charge is 2.29. The average molecular weight is 542 g/mol. The molecule has 1 aliphatic carbocycles. The zero-order valence-electron chi connectivity index (χ0n) is 19.6. The second-order valence-electron chi connectivity index (χ2n) is 8.85. The van der Waals surface area contributed by atoms with Gasteiger partial charge < -0.3 is 16.0 Å². The lowest BCUT2D eigenvalue weighted by atomic mass is 9.91. The number of nitrogens with one attached hydrogen (secondary N) is 4. The molecule has 0 bridgehead atoms. The maximum atomic E-state index is 12.5. The van der Waals surface area contributed by atoms with Crippen LogP contribution in [0.1, 0.15) is 36.8 Å². The van der Waals surface area contributed by atoms with E-state index in [9.17, 15) is 22.8 Å². The second kappa shape index (κ2) is 11.0. The monoisotopic (exact) mass is 541 g/mol. The third kappa shape index (κ3) is 6.47. The van der Waals surface area contributed by atoms with Gasteiger partial charge in [-0.3, -0.25) is 14.3 Å². The Labute approximate surface area is 218 Å². The Kier molecular flexibility index (Phi) is 7.80. The molecule has 4 rings (SSSR count). The van der Waals surface area contributed by atoms with Crippen molar-refractivity contribution in [3.8, 4) is 6.07 Å². The summed E-state index contributed by atoms with van der Waals surface area (Å²) in [6.07, 6.45) is 2.41. The molecule has 3 aromatic carbocycles. The molecule has 10 nitrogen and oxygen atoms in total. The van der Waals surface area contributed by atoms with Crippen molar-refractivity contribution in [1.82, 2.24) is 5.32 Å². The summed E-state index contributed by atoms with van der Waals surface area (Å²) in [4.78, 5) is 36.6. The number of nitrogens with zero attached hydrogens (tertiary/aromatic N) is 1. The fourth-order valence-corrected chi connectivity index (χ4v) is 5.66. The first-order chi connectivity index (χ1) is 17.6. The number of carbonyl (C=O) groups excluding carboxylic acids is 1. The molecular weight excluding hydrogens is 518 g/mol. The Morgan fingerprint density at radius 2 is 1.62 bits per heavy atom. The van der Waals surface area contributed by atoms with Gasteiger partial charge in [-0.2, -0.15) is 5.26 Å². The number of carbonyl (C=O) groups is 1. The molecule has 0 spiro atoms. The molecular formula is C25H24ClN5O5S. The molecule has 3 aromatic rings. The number of rotatable bonds is 8. The van der Waals surface area contributed by atoms with Gasteiger partial charge in [-0.25, -0.2) is 13.2 Å². The van der Waals surface area contributed by atoms with Crippen molar-refractivity contribution in [2.75, 3.05) is 15.4 Å². The van der Waals surface area contributed by atoms with Crippen LogP contribution in [0.15, 0.2) is 58.1 Å². The topological polar surface area (TPSA) is 157 Å². The minimum Gasteiger partial charge on any atom is -0.377 e. The molecule has 0 radical (unpaired) electrons. The van der Waals surface area contributed by atoms with E-state index in [-0.39, 0.29) is 34.2 Å². The van der Waals surface area contributed by atoms with Gasteiger partial charge in [0, 0.05) is 12.1 Å². The van der Waals surface area contributed by atoms with Crippen LogP contribution >= 0.6 is 11.6 Å². The number of sulfonamides is 1. The Bertz CT molecular complexity index is 1520. The summed E-state index contributed by atoms with van der Waals surface area (Å²) in [6.45, 7) is 0. The maximum absolute atomic E-state index is 12.5. The van der Waals surface area contributed by atoms with E-state index in [1.54, 1.807) is 42.5 Å². The molecule has 12 heteroatoms. The first-order valence-corrected chi connectivity index (χ1v) is 13.6. The molecule has 0 aromatic heterocycles. The number of amides is 2. The first kappa shape index (κ1) is 26.2. The highest BCUT2D eigenvalue weighted by molar-refractivity contribution is 7.91. The van der Waals surface area contributed by atoms with Crippen LogP contribution in [0, 0.1) is 11.3 Å². The van der Waals surface area contributed by atoms with Gasteiger partial charge in [-0.15, -0.1) is 0 Å². The van der Waals surface area contributed by atoms with Crippen molar-refractivity contribution >= 4 is 44.7 Å². The molecule has 0 atom stereocenters. The van der Waals surface area contributed by atoms with Crippen LogP contribution in [0.5, 0.6) is 0 Å². The summed E-state index contributed by atoms with van der Waals surface area (Å²) in [5.74, 6) is -0.321. The van der Waals surface area contributed by atoms with Gasteiger partial charge in [0.05, 0.1) is 28.1 Å². The number of hydrogen-bond acceptors (Lipinski definition) is 7. The van der Waals surface area contributed by atoms with Crippen LogP contribution < -0.4 is 31.5 Å². The van der Waals surface area contributed by atoms with Crippen LogP contribution in [0.3, 0.4) is 0 Å². The van der Waals surface area contributed by atoms with E-state index in [1.807, 2.05) is 6.07 Å². The van der Waals surface area contributed by atoms with Crippen LogP contribution in [0.4, 0.5) is 21.9 Å². The summed E-state index contributed by atoms with van der Waals surface area (Å²) in [7, 11) is -3.88. The molecule has 0 heterocycles. The summed E-state index contributed by atoms with van der Waals surface area (Å²) in [6, 6.07) is 14.3. The standard InChI is InChI=1S/C25H24ClN5O5S/c26-19-12-16(13-27)6-11-20(19)30-25(34)29-18-9-7-17(8-10-18)28-21-22(24(33)23(21)32)31-37(35,36)14-15-4-2-1-3-5-15/h1-6,11-12,17-18,28,31H,7-10,14H2,(H2,29,30,34). The van der Waals surface area contributed by atoms with Crippen LogP contribution in [-0.2, 0) is 15.8 Å². The Morgan fingerprint density at radius 1 is 0.973 bits per heavy atom. The lowest BCUT2D eigenvalue weighted by molar-refractivity contribution is 0.243. The molecule has 1 fully saturated rings. The number of hydrogen-bond donors (Lipinski definition) is 4. The predicted molar refractivity (Wildman–Crippen MR) is 142 cm³/mol. The molecule has 192 valence electrons. The molecule has 0 unspecified atom stereocenters. The van der Waals surface area contributed by atoms with Crippen LogP contribution in [0.2, 0.25) is 5.02 Å². The average Bonchev–Trinajstić information content (AvgIpc) is 2.88. The second-order valence-corrected chi connectivity index (χ2v) is 11.0. The molecule has 37 heavy (non-hydrogen) atoms. The molecule has 4 N–H and O–H groups in total. The Hall–Kier alpha value is -3.88. The quantitative estimate of drug-likeness (QED) is 0.318. The third-order valence-electron chi connectivity index (χ3n) is 6.12. The van der Waals surface area contributed by atoms with Crippen molar-refractivity contribution in [3.63, 3.8) is 0 Å². The number of anilines is 3. The normalized spacial score (nSPS) is 17.5. The van der Waals surface area contributed by atoms with Crippen molar-refractivity contribution in [1.29, 1.82) is 5.26 Å². The number of nitriles is 1. The van der Waals surface area contributed by atoms with Crippen LogP contribution in [0.25, 0.3) is 0 Å². The van der Waals surface area contributed by atoms with Gasteiger partial charge in [0.25, 0.3) is 10.9 Å². The van der Waals surface area contributed by atoms with Gasteiger partial charge in [-0.05, 0) is 49.4 Å². The van der Waals surface area contributed by atoms with Crippen molar-refractivity contribution in [2.45, 2.75) is 43.5 Å². The summed E-state index contributed by atoms with van der Waals surface area (Å²) < 4.78 is 27.3. The zero-order chi connectivity index (χ0) is 26.6. The largest absolute Gasteiger partial charge is 0.377 e. The lowest BCUT2D eigenvalue weighted by Crippen LogP contribution is -2.44. The summed E-state index contributed by atoms with van der Waals surface area (Å²) in [5, 5.41) is 17.7. The minimum atomic E-state index is -3.88. The van der Waals surface area contributed by atoms with Gasteiger partial charge >= 0.3 is 6.03 Å². The number of urea groups is 1. The van der Waals surface area contributed by atoms with Crippen LogP contribution in [-0.4, -0.2) is 26.5 Å². The SMILES string of the molecule is N#Cc1ccc(NC(=O)NC2CCC(Nc3c(NS(=O)(=O)Cc4ccccc4)c(=O)c3=O)CC2)c(Cl)c1. The van der Waals surface area contributed by atoms with E-state index in [4.69, 9.17) is 16.9 Å². The van der Waals surface area contributed by atoms with E-state index in [0.29, 0.717) is 42.5 Å². The smallest absolute Gasteiger partial charge is 0.319 e. The molecule has 1 saturated carbocycles. The van der Waals surface area contributed by atoms with Crippen molar-refractivity contribution in [2.24, 2.45) is 0 Å². The third-order valence-corrected chi connectivity index (χ3v) is 7.67. The summed E-state index contributed by atoms with van der Waals surface area (Å²) >= 11 is 6.10. The predicted octanol–water partition coefficient (Wildman–Crippen LogP) is 3.29. The summed E-state index contributed by atoms with van der Waals surface area (Å²) in [5.41, 5.74) is -0.555. The molecule has 2 amide bonds. The van der Waals surface area contributed by atoms with E-state index < -0.39 is 26.9 Å². The van der Waals surface area contributed by atoms with Crippen molar-refractivity contribution < 1.29 is 13.2 Å². The molecule has 0 aliphatic heterocycles. The van der Waals surface area contributed by atoms with E-state index in [1.165, 1.54) is 6.07 Å². The first-order valence-electron chi connectivity index (χ1n) is 11.6. The minimum absolute atomic E-state index is 0.0220. The molecule has 0 saturated heterocycles. The Balaban J connectivity index is 1.29. The fraction of sp³-hybridized carbons (Fsp3) is 0.280. The maximum Gasteiger partial charge on any atom is 0.319 e. The van der Waals surface area contributed by atoms with Gasteiger partial charge in [0.15, 0.2) is 0 Å². The Morgan fingerprint density at radius 3 is 2.27 bits per heavy atom. The van der Waals surface area contributed by atoms with E-state index in [2.05, 4.69) is 20.7 Å². The van der Waals surface area contributed by atoms with Gasteiger partial charge in [0.2, 0.25) is 10.0 Å². The highest BCUT2D eigenvalue weighted by Crippen LogP contribution is 2.26. The lowest BCUT2D eigenvalue weighted by Gasteiger charge is -2.31. The van der Waals surface area contributed by atoms with E-state index >= 15 is 0 Å². The molecule has 1 aliphatic rings. The van der Waals surface area contributed by atoms with E-state index in [0.717, 1.165) is 0 Å². The number of benzene rings is 2. The fourth-order valence-electron chi connectivity index (χ4n) is 4.23. The van der Waals surface area contributed by atoms with Crippen molar-refractivity contribution in [3.05, 3.63) is 85.1 Å².